The number of likely N-dealkylation sites (tertiary alicyclic amines) is 1. The van der Waals surface area contributed by atoms with Gasteiger partial charge in [0.05, 0.1) is 0 Å². The molecule has 1 aliphatic rings. The van der Waals surface area contributed by atoms with Gasteiger partial charge in [-0.15, -0.1) is 0 Å². The number of nitrogens with zero attached hydrogens (tertiary/aromatic N) is 2. The van der Waals surface area contributed by atoms with Gasteiger partial charge in [0.1, 0.15) is 10.7 Å². The fraction of sp³-hybridized carbons (Fsp3) is 0.615. The molecule has 2 rings (SSSR count). The van der Waals surface area contributed by atoms with E-state index in [4.69, 9.17) is 0 Å². The van der Waals surface area contributed by atoms with Crippen LogP contribution >= 0.6 is 0 Å². The standard InChI is InChI=1S/C13H22N4O2S/c1-3-7-14-13-12(5-4-8-15-13)20(18,19)16-11-6-9-17(2)10-11/h4-5,8,11,16H,3,6-7,9-10H2,1-2H3,(H,14,15). The molecule has 0 spiro atoms. The monoisotopic (exact) mass is 298 g/mol. The first-order valence-electron chi connectivity index (χ1n) is 6.92. The first-order chi connectivity index (χ1) is 9.53. The lowest BCUT2D eigenvalue weighted by Crippen LogP contribution is -2.36. The molecule has 1 aliphatic heterocycles. The van der Waals surface area contributed by atoms with Gasteiger partial charge in [-0.3, -0.25) is 0 Å². The number of aromatic nitrogens is 1. The van der Waals surface area contributed by atoms with E-state index in [1.165, 1.54) is 0 Å². The number of hydrogen-bond donors (Lipinski definition) is 2. The van der Waals surface area contributed by atoms with Gasteiger partial charge in [0, 0.05) is 25.3 Å². The summed E-state index contributed by atoms with van der Waals surface area (Å²) in [4.78, 5) is 6.47. The third-order valence-electron chi connectivity index (χ3n) is 3.32. The predicted octanol–water partition coefficient (Wildman–Crippen LogP) is 0.886. The first kappa shape index (κ1) is 15.2. The zero-order chi connectivity index (χ0) is 14.6. The molecule has 1 atom stereocenters. The molecular weight excluding hydrogens is 276 g/mol. The van der Waals surface area contributed by atoms with Gasteiger partial charge in [-0.2, -0.15) is 0 Å². The average molecular weight is 298 g/mol. The Morgan fingerprint density at radius 1 is 1.50 bits per heavy atom. The van der Waals surface area contributed by atoms with Crippen molar-refractivity contribution in [3.63, 3.8) is 0 Å². The summed E-state index contributed by atoms with van der Waals surface area (Å²) in [6, 6.07) is 3.21. The Bertz CT molecular complexity index is 547. The lowest BCUT2D eigenvalue weighted by Gasteiger charge is -2.15. The van der Waals surface area contributed by atoms with Crippen LogP contribution in [0, 0.1) is 0 Å². The van der Waals surface area contributed by atoms with E-state index in [-0.39, 0.29) is 10.9 Å². The van der Waals surface area contributed by atoms with Crippen LogP contribution in [-0.2, 0) is 10.0 Å². The zero-order valence-corrected chi connectivity index (χ0v) is 12.8. The highest BCUT2D eigenvalue weighted by Gasteiger charge is 2.27. The molecule has 0 saturated carbocycles. The Morgan fingerprint density at radius 2 is 2.30 bits per heavy atom. The maximum Gasteiger partial charge on any atom is 0.244 e. The van der Waals surface area contributed by atoms with Crippen LogP contribution in [0.2, 0.25) is 0 Å². The average Bonchev–Trinajstić information content (AvgIpc) is 2.81. The van der Waals surface area contributed by atoms with E-state index in [9.17, 15) is 8.42 Å². The highest BCUT2D eigenvalue weighted by molar-refractivity contribution is 7.89. The molecule has 2 N–H and O–H groups in total. The van der Waals surface area contributed by atoms with Crippen molar-refractivity contribution in [2.24, 2.45) is 0 Å². The number of sulfonamides is 1. The van der Waals surface area contributed by atoms with Crippen LogP contribution in [0.1, 0.15) is 19.8 Å². The van der Waals surface area contributed by atoms with Crippen molar-refractivity contribution < 1.29 is 8.42 Å². The quantitative estimate of drug-likeness (QED) is 0.816. The van der Waals surface area contributed by atoms with Crippen LogP contribution in [0.3, 0.4) is 0 Å². The predicted molar refractivity (Wildman–Crippen MR) is 79.2 cm³/mol. The van der Waals surface area contributed by atoms with Crippen molar-refractivity contribution in [3.8, 4) is 0 Å². The van der Waals surface area contributed by atoms with E-state index in [0.29, 0.717) is 12.4 Å². The van der Waals surface area contributed by atoms with Gasteiger partial charge in [0.25, 0.3) is 0 Å². The molecule has 7 heteroatoms. The number of anilines is 1. The number of hydrogen-bond acceptors (Lipinski definition) is 5. The van der Waals surface area contributed by atoms with Gasteiger partial charge < -0.3 is 10.2 Å². The van der Waals surface area contributed by atoms with E-state index < -0.39 is 10.0 Å². The molecule has 112 valence electrons. The van der Waals surface area contributed by atoms with Crippen molar-refractivity contribution in [1.82, 2.24) is 14.6 Å². The Morgan fingerprint density at radius 3 is 2.95 bits per heavy atom. The van der Waals surface area contributed by atoms with Crippen LogP contribution in [0.15, 0.2) is 23.2 Å². The molecule has 1 aromatic heterocycles. The first-order valence-corrected chi connectivity index (χ1v) is 8.41. The van der Waals surface area contributed by atoms with Gasteiger partial charge in [0.2, 0.25) is 10.0 Å². The Balaban J connectivity index is 2.16. The topological polar surface area (TPSA) is 74.3 Å². The molecule has 0 amide bonds. The molecule has 20 heavy (non-hydrogen) atoms. The molecule has 1 unspecified atom stereocenters. The minimum Gasteiger partial charge on any atom is -0.369 e. The highest BCUT2D eigenvalue weighted by Crippen LogP contribution is 2.19. The van der Waals surface area contributed by atoms with Crippen molar-refractivity contribution >= 4 is 15.8 Å². The van der Waals surface area contributed by atoms with Gasteiger partial charge in [-0.05, 0) is 38.6 Å². The largest absolute Gasteiger partial charge is 0.369 e. The molecular formula is C13H22N4O2S. The van der Waals surface area contributed by atoms with Crippen molar-refractivity contribution in [3.05, 3.63) is 18.3 Å². The molecule has 0 aromatic carbocycles. The van der Waals surface area contributed by atoms with Crippen LogP contribution in [0.25, 0.3) is 0 Å². The minimum absolute atomic E-state index is 0.0239. The number of rotatable bonds is 6. The van der Waals surface area contributed by atoms with Gasteiger partial charge in [-0.1, -0.05) is 6.92 Å². The van der Waals surface area contributed by atoms with E-state index in [2.05, 4.69) is 19.9 Å². The second-order valence-electron chi connectivity index (χ2n) is 5.15. The van der Waals surface area contributed by atoms with Crippen LogP contribution in [0.5, 0.6) is 0 Å². The fourth-order valence-corrected chi connectivity index (χ4v) is 3.69. The maximum atomic E-state index is 12.5. The lowest BCUT2D eigenvalue weighted by molar-refractivity contribution is 0.407. The van der Waals surface area contributed by atoms with E-state index in [1.54, 1.807) is 18.3 Å². The normalized spacial score (nSPS) is 20.2. The van der Waals surface area contributed by atoms with Crippen molar-refractivity contribution in [1.29, 1.82) is 0 Å². The van der Waals surface area contributed by atoms with Gasteiger partial charge in [0.15, 0.2) is 0 Å². The molecule has 0 aliphatic carbocycles. The third-order valence-corrected chi connectivity index (χ3v) is 4.87. The second kappa shape index (κ2) is 6.51. The molecule has 0 radical (unpaired) electrons. The molecule has 1 saturated heterocycles. The van der Waals surface area contributed by atoms with E-state index in [0.717, 1.165) is 25.9 Å². The van der Waals surface area contributed by atoms with E-state index >= 15 is 0 Å². The summed E-state index contributed by atoms with van der Waals surface area (Å²) >= 11 is 0. The summed E-state index contributed by atoms with van der Waals surface area (Å²) in [6.07, 6.45) is 3.35. The Labute approximate surface area is 120 Å². The summed E-state index contributed by atoms with van der Waals surface area (Å²) in [5, 5.41) is 3.06. The summed E-state index contributed by atoms with van der Waals surface area (Å²) in [5.41, 5.74) is 0. The van der Waals surface area contributed by atoms with Gasteiger partial charge in [-0.25, -0.2) is 18.1 Å². The number of nitrogens with one attached hydrogen (secondary N) is 2. The fourth-order valence-electron chi connectivity index (χ4n) is 2.30. The summed E-state index contributed by atoms with van der Waals surface area (Å²) in [6.45, 7) is 4.39. The molecule has 0 bridgehead atoms. The second-order valence-corrected chi connectivity index (χ2v) is 6.83. The Kier molecular flexibility index (Phi) is 4.95. The van der Waals surface area contributed by atoms with Crippen molar-refractivity contribution in [2.45, 2.75) is 30.7 Å². The zero-order valence-electron chi connectivity index (χ0n) is 12.0. The van der Waals surface area contributed by atoms with Crippen molar-refractivity contribution in [2.75, 3.05) is 32.0 Å². The van der Waals surface area contributed by atoms with E-state index in [1.807, 2.05) is 14.0 Å². The summed E-state index contributed by atoms with van der Waals surface area (Å²) < 4.78 is 27.7. The molecule has 1 aromatic rings. The van der Waals surface area contributed by atoms with Crippen LogP contribution in [0.4, 0.5) is 5.82 Å². The molecule has 6 nitrogen and oxygen atoms in total. The summed E-state index contributed by atoms with van der Waals surface area (Å²) in [5.74, 6) is 0.424. The maximum absolute atomic E-state index is 12.5. The molecule has 1 fully saturated rings. The molecule has 2 heterocycles. The number of pyridine rings is 1. The smallest absolute Gasteiger partial charge is 0.244 e. The SMILES string of the molecule is CCCNc1ncccc1S(=O)(=O)NC1CCN(C)C1. The minimum atomic E-state index is -3.53. The highest BCUT2D eigenvalue weighted by atomic mass is 32.2. The Hall–Kier alpha value is -1.18. The summed E-state index contributed by atoms with van der Waals surface area (Å²) in [7, 11) is -1.54. The van der Waals surface area contributed by atoms with Gasteiger partial charge >= 0.3 is 0 Å². The van der Waals surface area contributed by atoms with Crippen LogP contribution in [-0.4, -0.2) is 51.0 Å². The third kappa shape index (κ3) is 3.68. The van der Waals surface area contributed by atoms with Crippen LogP contribution < -0.4 is 10.0 Å². The lowest BCUT2D eigenvalue weighted by atomic mass is 10.3. The number of likely N-dealkylation sites (N-methyl/N-ethyl adjacent to an activating group) is 1.